The summed E-state index contributed by atoms with van der Waals surface area (Å²) in [4.78, 5) is 35.6. The van der Waals surface area contributed by atoms with E-state index in [1.165, 1.54) is 7.11 Å². The molecule has 0 aliphatic heterocycles. The van der Waals surface area contributed by atoms with Crippen LogP contribution in [0.3, 0.4) is 0 Å². The van der Waals surface area contributed by atoms with Crippen molar-refractivity contribution in [3.63, 3.8) is 0 Å². The molecule has 0 radical (unpaired) electrons. The van der Waals surface area contributed by atoms with Crippen molar-refractivity contribution in [2.45, 2.75) is 26.3 Å². The molecule has 0 aromatic carbocycles. The summed E-state index contributed by atoms with van der Waals surface area (Å²) in [6, 6.07) is -0.750. The van der Waals surface area contributed by atoms with Crippen molar-refractivity contribution in [3.05, 3.63) is 12.2 Å². The fraction of sp³-hybridized carbons (Fsp3) is 0.667. The summed E-state index contributed by atoms with van der Waals surface area (Å²) in [5, 5.41) is 12.0. The number of rotatable bonds is 5. The Balaban J connectivity index is 2.14. The van der Waals surface area contributed by atoms with Crippen LogP contribution < -0.4 is 5.32 Å². The van der Waals surface area contributed by atoms with E-state index in [4.69, 9.17) is 0 Å². The molecule has 1 fully saturated rings. The number of carboxylic acid groups (broad SMARTS) is 1. The monoisotopic (exact) mass is 295 g/mol. The molecule has 21 heavy (non-hydrogen) atoms. The van der Waals surface area contributed by atoms with Gasteiger partial charge in [0.2, 0.25) is 5.91 Å². The number of hydrogen-bond acceptors (Lipinski definition) is 4. The van der Waals surface area contributed by atoms with Gasteiger partial charge in [-0.25, -0.2) is 4.79 Å². The Bertz CT molecular complexity index is 484. The van der Waals surface area contributed by atoms with Crippen LogP contribution in [0.25, 0.3) is 0 Å². The molecule has 2 N–H and O–H groups in total. The maximum absolute atomic E-state index is 12.5. The van der Waals surface area contributed by atoms with Crippen molar-refractivity contribution in [1.82, 2.24) is 5.32 Å². The number of amides is 1. The summed E-state index contributed by atoms with van der Waals surface area (Å²) in [6.45, 7) is 3.61. The summed E-state index contributed by atoms with van der Waals surface area (Å²) < 4.78 is 4.69. The minimum atomic E-state index is -0.953. The molecule has 6 nitrogen and oxygen atoms in total. The fourth-order valence-electron chi connectivity index (χ4n) is 3.39. The van der Waals surface area contributed by atoms with Gasteiger partial charge in [0.25, 0.3) is 0 Å². The predicted molar refractivity (Wildman–Crippen MR) is 74.1 cm³/mol. The second-order valence-electron chi connectivity index (χ2n) is 6.09. The summed E-state index contributed by atoms with van der Waals surface area (Å²) in [5.41, 5.74) is 0. The van der Waals surface area contributed by atoms with E-state index in [-0.39, 0.29) is 23.7 Å². The smallest absolute Gasteiger partial charge is 0.328 e. The van der Waals surface area contributed by atoms with Crippen molar-refractivity contribution in [2.75, 3.05) is 7.11 Å². The van der Waals surface area contributed by atoms with Crippen molar-refractivity contribution in [3.8, 4) is 0 Å². The van der Waals surface area contributed by atoms with E-state index >= 15 is 0 Å². The van der Waals surface area contributed by atoms with Gasteiger partial charge in [0.1, 0.15) is 6.04 Å². The molecule has 5 atom stereocenters. The number of nitrogens with one attached hydrogen (secondary N) is 1. The summed E-state index contributed by atoms with van der Waals surface area (Å²) in [5.74, 6) is -3.41. The molecule has 0 aromatic heterocycles. The first-order valence-corrected chi connectivity index (χ1v) is 7.16. The fourth-order valence-corrected chi connectivity index (χ4v) is 3.39. The second kappa shape index (κ2) is 5.87. The molecule has 116 valence electrons. The first kappa shape index (κ1) is 15.5. The molecule has 2 aliphatic rings. The Hall–Kier alpha value is -1.85. The number of fused-ring (bicyclic) bond motifs is 2. The minimum Gasteiger partial charge on any atom is -0.481 e. The van der Waals surface area contributed by atoms with Crippen LogP contribution in [0.1, 0.15) is 20.3 Å². The van der Waals surface area contributed by atoms with Crippen LogP contribution in [-0.4, -0.2) is 36.1 Å². The predicted octanol–water partition coefficient (Wildman–Crippen LogP) is 0.823. The van der Waals surface area contributed by atoms with Crippen LogP contribution in [0.4, 0.5) is 0 Å². The number of esters is 1. The van der Waals surface area contributed by atoms with Gasteiger partial charge in [0, 0.05) is 0 Å². The average molecular weight is 295 g/mol. The highest BCUT2D eigenvalue weighted by Gasteiger charge is 2.52. The molecule has 0 spiro atoms. The maximum Gasteiger partial charge on any atom is 0.328 e. The van der Waals surface area contributed by atoms with Gasteiger partial charge in [-0.2, -0.15) is 0 Å². The van der Waals surface area contributed by atoms with E-state index in [2.05, 4.69) is 10.1 Å². The largest absolute Gasteiger partial charge is 0.481 e. The molecule has 1 saturated carbocycles. The molecule has 2 rings (SSSR count). The van der Waals surface area contributed by atoms with Crippen LogP contribution in [0.2, 0.25) is 0 Å². The van der Waals surface area contributed by atoms with Crippen LogP contribution in [0, 0.1) is 29.6 Å². The first-order chi connectivity index (χ1) is 9.86. The quantitative estimate of drug-likeness (QED) is 0.579. The number of carboxylic acids is 1. The van der Waals surface area contributed by atoms with Crippen molar-refractivity contribution in [1.29, 1.82) is 0 Å². The average Bonchev–Trinajstić information content (AvgIpc) is 3.03. The van der Waals surface area contributed by atoms with Gasteiger partial charge in [-0.05, 0) is 24.2 Å². The number of ether oxygens (including phenoxy) is 1. The lowest BCUT2D eigenvalue weighted by Gasteiger charge is -2.27. The molecule has 0 heterocycles. The molecule has 0 aromatic rings. The Morgan fingerprint density at radius 1 is 1.19 bits per heavy atom. The topological polar surface area (TPSA) is 92.7 Å². The highest BCUT2D eigenvalue weighted by molar-refractivity contribution is 5.90. The van der Waals surface area contributed by atoms with E-state index < -0.39 is 29.8 Å². The van der Waals surface area contributed by atoms with Gasteiger partial charge in [-0.3, -0.25) is 9.59 Å². The molecule has 0 saturated heterocycles. The van der Waals surface area contributed by atoms with Crippen LogP contribution in [0.5, 0.6) is 0 Å². The van der Waals surface area contributed by atoms with E-state index in [9.17, 15) is 19.5 Å². The Morgan fingerprint density at radius 2 is 1.76 bits per heavy atom. The van der Waals surface area contributed by atoms with Crippen molar-refractivity contribution < 1.29 is 24.2 Å². The highest BCUT2D eigenvalue weighted by Crippen LogP contribution is 2.48. The lowest BCUT2D eigenvalue weighted by molar-refractivity contribution is -0.150. The first-order valence-electron chi connectivity index (χ1n) is 7.16. The minimum absolute atomic E-state index is 0.0541. The van der Waals surface area contributed by atoms with Crippen LogP contribution >= 0.6 is 0 Å². The van der Waals surface area contributed by atoms with Gasteiger partial charge in [-0.1, -0.05) is 26.0 Å². The van der Waals surface area contributed by atoms with Gasteiger partial charge < -0.3 is 15.2 Å². The number of carbonyl (C=O) groups excluding carboxylic acids is 2. The van der Waals surface area contributed by atoms with E-state index in [1.54, 1.807) is 13.8 Å². The zero-order valence-corrected chi connectivity index (χ0v) is 12.4. The Kier molecular flexibility index (Phi) is 4.34. The Labute approximate surface area is 123 Å². The zero-order chi connectivity index (χ0) is 15.7. The van der Waals surface area contributed by atoms with Gasteiger partial charge in [0.05, 0.1) is 18.9 Å². The molecule has 1 amide bonds. The summed E-state index contributed by atoms with van der Waals surface area (Å²) in [7, 11) is 1.27. The zero-order valence-electron chi connectivity index (χ0n) is 12.4. The summed E-state index contributed by atoms with van der Waals surface area (Å²) >= 11 is 0. The molecule has 6 heteroatoms. The molecular formula is C15H21NO5. The lowest BCUT2D eigenvalue weighted by atomic mass is 9.82. The standard InChI is InChI=1S/C15H21NO5/c1-7(2)12(15(20)21-3)16-13(17)10-8-4-5-9(6-8)11(10)14(18)19/h4-5,7-12H,6H2,1-3H3,(H,16,17)(H,18,19)/t8?,9?,10-,11+,12-/m0/s1. The van der Waals surface area contributed by atoms with E-state index in [0.29, 0.717) is 6.42 Å². The molecule has 2 unspecified atom stereocenters. The molecule has 2 bridgehead atoms. The van der Waals surface area contributed by atoms with Crippen molar-refractivity contribution >= 4 is 17.8 Å². The van der Waals surface area contributed by atoms with Crippen molar-refractivity contribution in [2.24, 2.45) is 29.6 Å². The van der Waals surface area contributed by atoms with Gasteiger partial charge >= 0.3 is 11.9 Å². The number of allylic oxidation sites excluding steroid dienone is 2. The number of hydrogen-bond donors (Lipinski definition) is 2. The molecular weight excluding hydrogens is 274 g/mol. The number of carbonyl (C=O) groups is 3. The lowest BCUT2D eigenvalue weighted by Crippen LogP contribution is -2.49. The summed E-state index contributed by atoms with van der Waals surface area (Å²) in [6.07, 6.45) is 4.49. The Morgan fingerprint density at radius 3 is 2.24 bits per heavy atom. The van der Waals surface area contributed by atoms with Crippen LogP contribution in [0.15, 0.2) is 12.2 Å². The normalized spacial score (nSPS) is 31.2. The molecule has 2 aliphatic carbocycles. The van der Waals surface area contributed by atoms with Gasteiger partial charge in [0.15, 0.2) is 0 Å². The third-order valence-electron chi connectivity index (χ3n) is 4.47. The highest BCUT2D eigenvalue weighted by atomic mass is 16.5. The van der Waals surface area contributed by atoms with E-state index in [0.717, 1.165) is 0 Å². The van der Waals surface area contributed by atoms with Gasteiger partial charge in [-0.15, -0.1) is 0 Å². The SMILES string of the molecule is COC(=O)[C@@H](NC(=O)[C@H]1C2C=CC(C2)[C@H]1C(=O)O)C(C)C. The third kappa shape index (κ3) is 2.80. The van der Waals surface area contributed by atoms with E-state index in [1.807, 2.05) is 12.2 Å². The maximum atomic E-state index is 12.5. The number of methoxy groups -OCH3 is 1. The second-order valence-corrected chi connectivity index (χ2v) is 6.09. The number of aliphatic carboxylic acids is 1. The third-order valence-corrected chi connectivity index (χ3v) is 4.47. The van der Waals surface area contributed by atoms with Crippen LogP contribution in [-0.2, 0) is 19.1 Å².